The average molecular weight is 494 g/mol. The molecule has 2 aliphatic heterocycles. The minimum atomic E-state index is -0.926. The first-order chi connectivity index (χ1) is 17.2. The van der Waals surface area contributed by atoms with Gasteiger partial charge in [-0.05, 0) is 62.3 Å². The van der Waals surface area contributed by atoms with Crippen LogP contribution in [0.1, 0.15) is 49.9 Å². The van der Waals surface area contributed by atoms with E-state index in [1.54, 1.807) is 24.3 Å². The van der Waals surface area contributed by atoms with Crippen molar-refractivity contribution in [2.24, 2.45) is 0 Å². The number of ether oxygens (including phenoxy) is 1. The van der Waals surface area contributed by atoms with Gasteiger partial charge in [0.2, 0.25) is 0 Å². The maximum absolute atomic E-state index is 13.3. The van der Waals surface area contributed by atoms with Crippen LogP contribution in [0.4, 0.5) is 5.69 Å². The van der Waals surface area contributed by atoms with Gasteiger partial charge in [0.05, 0.1) is 16.5 Å². The van der Waals surface area contributed by atoms with Gasteiger partial charge in [-0.3, -0.25) is 19.7 Å². The van der Waals surface area contributed by atoms with Crippen molar-refractivity contribution in [3.05, 3.63) is 74.8 Å². The molecular weight excluding hydrogens is 462 g/mol. The molecule has 0 bridgehead atoms. The van der Waals surface area contributed by atoms with Gasteiger partial charge in [-0.25, -0.2) is 0 Å². The van der Waals surface area contributed by atoms with Crippen molar-refractivity contribution in [2.75, 3.05) is 26.2 Å². The summed E-state index contributed by atoms with van der Waals surface area (Å²) in [6.07, 6.45) is 1.30. The van der Waals surface area contributed by atoms with E-state index >= 15 is 0 Å². The summed E-state index contributed by atoms with van der Waals surface area (Å²) in [6, 6.07) is 10.1. The lowest BCUT2D eigenvalue weighted by Crippen LogP contribution is -2.33. The van der Waals surface area contributed by atoms with Crippen LogP contribution in [0, 0.1) is 10.1 Å². The van der Waals surface area contributed by atoms with E-state index in [1.807, 2.05) is 6.92 Å². The molecule has 1 fully saturated rings. The molecular formula is C27H31N3O6. The number of aliphatic hydroxyl groups excluding tert-OH is 1. The Morgan fingerprint density at radius 2 is 1.94 bits per heavy atom. The van der Waals surface area contributed by atoms with Crippen molar-refractivity contribution in [2.45, 2.75) is 45.8 Å². The van der Waals surface area contributed by atoms with Crippen molar-refractivity contribution in [3.63, 3.8) is 0 Å². The van der Waals surface area contributed by atoms with Crippen LogP contribution in [0.5, 0.6) is 5.75 Å². The number of non-ortho nitro benzene ring substituents is 1. The number of hydrogen-bond donors (Lipinski definition) is 1. The van der Waals surface area contributed by atoms with E-state index in [9.17, 15) is 24.8 Å². The zero-order chi connectivity index (χ0) is 26.0. The molecule has 2 atom stereocenters. The number of hydrogen-bond acceptors (Lipinski definition) is 7. The van der Waals surface area contributed by atoms with Crippen molar-refractivity contribution in [1.82, 2.24) is 9.80 Å². The van der Waals surface area contributed by atoms with E-state index in [4.69, 9.17) is 4.74 Å². The Hall–Kier alpha value is -3.72. The number of rotatable bonds is 9. The molecule has 9 nitrogen and oxygen atoms in total. The summed E-state index contributed by atoms with van der Waals surface area (Å²) >= 11 is 0. The van der Waals surface area contributed by atoms with Gasteiger partial charge in [0.1, 0.15) is 17.6 Å². The highest BCUT2D eigenvalue weighted by atomic mass is 16.6. The number of carbonyl (C=O) groups is 2. The molecule has 9 heteroatoms. The lowest BCUT2D eigenvalue weighted by atomic mass is 9.94. The molecule has 2 aliphatic rings. The summed E-state index contributed by atoms with van der Waals surface area (Å²) in [5.41, 5.74) is 1.51. The number of aliphatic hydroxyl groups is 1. The van der Waals surface area contributed by atoms with Crippen LogP contribution in [0.25, 0.3) is 5.76 Å². The maximum atomic E-state index is 13.3. The highest BCUT2D eigenvalue weighted by molar-refractivity contribution is 6.46. The lowest BCUT2D eigenvalue weighted by molar-refractivity contribution is -0.384. The molecule has 4 rings (SSSR count). The molecule has 2 aromatic rings. The zero-order valence-electron chi connectivity index (χ0n) is 20.8. The third-order valence-electron chi connectivity index (χ3n) is 6.87. The van der Waals surface area contributed by atoms with Crippen molar-refractivity contribution in [3.8, 4) is 5.75 Å². The van der Waals surface area contributed by atoms with Crippen LogP contribution in [0.15, 0.2) is 48.0 Å². The van der Waals surface area contributed by atoms with E-state index in [2.05, 4.69) is 18.7 Å². The number of nitrogens with zero attached hydrogens (tertiary/aromatic N) is 3. The number of amides is 1. The SMILES string of the molecule is CCN(CC)CCCN1C(=O)C(=O)C(=C(O)c2ccc3c(c2)C[C@@H](C)O3)[C@@H]1c1cccc([N+](=O)[O-])c1. The molecule has 0 spiro atoms. The topological polar surface area (TPSA) is 113 Å². The fourth-order valence-electron chi connectivity index (χ4n) is 4.99. The third kappa shape index (κ3) is 4.83. The first kappa shape index (κ1) is 25.4. The summed E-state index contributed by atoms with van der Waals surface area (Å²) in [5, 5.41) is 22.8. The monoisotopic (exact) mass is 493 g/mol. The van der Waals surface area contributed by atoms with E-state index in [0.29, 0.717) is 24.0 Å². The number of fused-ring (bicyclic) bond motifs is 1. The standard InChI is InChI=1S/C27H31N3O6/c1-4-28(5-2)12-7-13-29-24(18-8-6-9-21(16-18)30(34)35)23(26(32)27(29)33)25(31)19-10-11-22-20(15-19)14-17(3)36-22/h6,8-11,15-17,24,31H,4-5,7,12-14H2,1-3H3/t17-,24+/m1/s1. The molecule has 0 unspecified atom stereocenters. The number of carbonyl (C=O) groups excluding carboxylic acids is 2. The smallest absolute Gasteiger partial charge is 0.295 e. The number of nitro groups is 1. The van der Waals surface area contributed by atoms with E-state index in [1.165, 1.54) is 23.1 Å². The van der Waals surface area contributed by atoms with Crippen LogP contribution in [-0.4, -0.2) is 63.8 Å². The summed E-state index contributed by atoms with van der Waals surface area (Å²) < 4.78 is 5.74. The third-order valence-corrected chi connectivity index (χ3v) is 6.87. The Morgan fingerprint density at radius 1 is 1.19 bits per heavy atom. The minimum absolute atomic E-state index is 0.0126. The second kappa shape index (κ2) is 10.5. The summed E-state index contributed by atoms with van der Waals surface area (Å²) in [5.74, 6) is -1.08. The summed E-state index contributed by atoms with van der Waals surface area (Å²) in [7, 11) is 0. The Labute approximate surface area is 210 Å². The van der Waals surface area contributed by atoms with Gasteiger partial charge in [-0.15, -0.1) is 0 Å². The molecule has 2 heterocycles. The molecule has 190 valence electrons. The predicted molar refractivity (Wildman–Crippen MR) is 135 cm³/mol. The van der Waals surface area contributed by atoms with Crippen LogP contribution < -0.4 is 4.74 Å². The second-order valence-electron chi connectivity index (χ2n) is 9.18. The molecule has 36 heavy (non-hydrogen) atoms. The molecule has 0 aliphatic carbocycles. The van der Waals surface area contributed by atoms with Crippen LogP contribution in [0.3, 0.4) is 0 Å². The number of benzene rings is 2. The van der Waals surface area contributed by atoms with Gasteiger partial charge in [-0.2, -0.15) is 0 Å². The summed E-state index contributed by atoms with van der Waals surface area (Å²) in [6.45, 7) is 8.81. The van der Waals surface area contributed by atoms with Gasteiger partial charge >= 0.3 is 0 Å². The molecule has 0 saturated carbocycles. The van der Waals surface area contributed by atoms with Gasteiger partial charge in [-0.1, -0.05) is 26.0 Å². The van der Waals surface area contributed by atoms with E-state index in [0.717, 1.165) is 30.9 Å². The zero-order valence-corrected chi connectivity index (χ0v) is 20.8. The van der Waals surface area contributed by atoms with Crippen LogP contribution in [-0.2, 0) is 16.0 Å². The number of ketones is 1. The fourth-order valence-corrected chi connectivity index (χ4v) is 4.99. The van der Waals surface area contributed by atoms with E-state index < -0.39 is 22.7 Å². The number of Topliss-reactive ketones (excluding diaryl/α,β-unsaturated/α-hetero) is 1. The summed E-state index contributed by atoms with van der Waals surface area (Å²) in [4.78, 5) is 41.0. The van der Waals surface area contributed by atoms with Crippen molar-refractivity contribution in [1.29, 1.82) is 0 Å². The largest absolute Gasteiger partial charge is 0.507 e. The molecule has 1 saturated heterocycles. The molecule has 0 aromatic heterocycles. The van der Waals surface area contributed by atoms with Crippen LogP contribution in [0.2, 0.25) is 0 Å². The first-order valence-electron chi connectivity index (χ1n) is 12.3. The molecule has 2 aromatic carbocycles. The van der Waals surface area contributed by atoms with Gasteiger partial charge in [0.25, 0.3) is 17.4 Å². The molecule has 1 amide bonds. The number of nitro benzene ring substituents is 1. The Bertz CT molecular complexity index is 1220. The molecule has 1 N–H and O–H groups in total. The van der Waals surface area contributed by atoms with Gasteiger partial charge in [0.15, 0.2) is 0 Å². The maximum Gasteiger partial charge on any atom is 0.295 e. The average Bonchev–Trinajstić information content (AvgIpc) is 3.37. The minimum Gasteiger partial charge on any atom is -0.507 e. The fraction of sp³-hybridized carbons (Fsp3) is 0.407. The Balaban J connectivity index is 1.77. The predicted octanol–water partition coefficient (Wildman–Crippen LogP) is 4.07. The van der Waals surface area contributed by atoms with Gasteiger partial charge < -0.3 is 19.6 Å². The van der Waals surface area contributed by atoms with Gasteiger partial charge in [0, 0.05) is 30.7 Å². The van der Waals surface area contributed by atoms with Crippen molar-refractivity contribution < 1.29 is 24.4 Å². The second-order valence-corrected chi connectivity index (χ2v) is 9.18. The first-order valence-corrected chi connectivity index (χ1v) is 12.3. The highest BCUT2D eigenvalue weighted by Gasteiger charge is 2.46. The normalized spacial score (nSPS) is 20.6. The molecule has 0 radical (unpaired) electrons. The lowest BCUT2D eigenvalue weighted by Gasteiger charge is -2.26. The Morgan fingerprint density at radius 3 is 2.64 bits per heavy atom. The highest BCUT2D eigenvalue weighted by Crippen LogP contribution is 2.41. The van der Waals surface area contributed by atoms with Crippen molar-refractivity contribution >= 4 is 23.1 Å². The Kier molecular flexibility index (Phi) is 7.40. The van der Waals surface area contributed by atoms with Crippen LogP contribution >= 0.6 is 0 Å². The quantitative estimate of drug-likeness (QED) is 0.184. The van der Waals surface area contributed by atoms with E-state index in [-0.39, 0.29) is 29.7 Å². The number of likely N-dealkylation sites (tertiary alicyclic amines) is 1.